The van der Waals surface area contributed by atoms with Crippen LogP contribution in [0.2, 0.25) is 0 Å². The maximum atomic E-state index is 12.5. The van der Waals surface area contributed by atoms with Crippen molar-refractivity contribution in [3.63, 3.8) is 0 Å². The number of aliphatic hydroxyl groups is 1. The average Bonchev–Trinajstić information content (AvgIpc) is 3.14. The van der Waals surface area contributed by atoms with E-state index in [4.69, 9.17) is 4.98 Å². The first-order valence-electron chi connectivity index (χ1n) is 9.28. The molecular formula is C20H22N4O2S. The van der Waals surface area contributed by atoms with E-state index in [2.05, 4.69) is 15.3 Å². The van der Waals surface area contributed by atoms with E-state index in [-0.39, 0.29) is 18.4 Å². The van der Waals surface area contributed by atoms with Crippen LogP contribution in [0.1, 0.15) is 42.7 Å². The monoisotopic (exact) mass is 382 g/mol. The zero-order valence-electron chi connectivity index (χ0n) is 15.2. The maximum absolute atomic E-state index is 12.5. The van der Waals surface area contributed by atoms with Crippen LogP contribution < -0.4 is 5.32 Å². The van der Waals surface area contributed by atoms with Crippen molar-refractivity contribution >= 4 is 34.0 Å². The Balaban J connectivity index is 1.66. The lowest BCUT2D eigenvalue weighted by atomic mass is 9.89. The van der Waals surface area contributed by atoms with E-state index in [0.29, 0.717) is 11.3 Å². The SMILES string of the molecule is Cc1ncc(-c2cc(CO)c3cnc(NC(=O)C4CCCCC4)cc3n2)s1. The topological polar surface area (TPSA) is 88.0 Å². The van der Waals surface area contributed by atoms with Gasteiger partial charge in [0.1, 0.15) is 5.82 Å². The number of aromatic nitrogens is 3. The molecule has 1 aliphatic carbocycles. The quantitative estimate of drug-likeness (QED) is 0.710. The molecule has 0 aromatic carbocycles. The summed E-state index contributed by atoms with van der Waals surface area (Å²) in [5, 5.41) is 14.5. The van der Waals surface area contributed by atoms with Gasteiger partial charge in [0.25, 0.3) is 0 Å². The number of aliphatic hydroxyl groups excluding tert-OH is 1. The Labute approximate surface area is 161 Å². The van der Waals surface area contributed by atoms with Crippen molar-refractivity contribution < 1.29 is 9.90 Å². The minimum atomic E-state index is -0.0980. The van der Waals surface area contributed by atoms with Gasteiger partial charge in [-0.25, -0.2) is 15.0 Å². The third-order valence-electron chi connectivity index (χ3n) is 5.05. The molecule has 0 atom stereocenters. The van der Waals surface area contributed by atoms with Crippen LogP contribution in [-0.4, -0.2) is 26.0 Å². The van der Waals surface area contributed by atoms with Crippen LogP contribution in [0, 0.1) is 12.8 Å². The lowest BCUT2D eigenvalue weighted by Gasteiger charge is -2.20. The number of nitrogens with one attached hydrogen (secondary N) is 1. The van der Waals surface area contributed by atoms with Crippen molar-refractivity contribution in [1.29, 1.82) is 0 Å². The number of carbonyl (C=O) groups excluding carboxylic acids is 1. The summed E-state index contributed by atoms with van der Waals surface area (Å²) in [6.07, 6.45) is 8.80. The Morgan fingerprint density at radius 2 is 2.04 bits per heavy atom. The Kier molecular flexibility index (Phi) is 5.13. The number of hydrogen-bond acceptors (Lipinski definition) is 6. The highest BCUT2D eigenvalue weighted by molar-refractivity contribution is 7.15. The average molecular weight is 382 g/mol. The van der Waals surface area contributed by atoms with Gasteiger partial charge in [-0.05, 0) is 31.4 Å². The molecule has 6 nitrogen and oxygen atoms in total. The molecular weight excluding hydrogens is 360 g/mol. The van der Waals surface area contributed by atoms with E-state index in [0.717, 1.165) is 52.2 Å². The van der Waals surface area contributed by atoms with E-state index in [9.17, 15) is 9.90 Å². The van der Waals surface area contributed by atoms with Crippen molar-refractivity contribution in [2.75, 3.05) is 5.32 Å². The molecule has 0 unspecified atom stereocenters. The molecule has 27 heavy (non-hydrogen) atoms. The van der Waals surface area contributed by atoms with Crippen LogP contribution in [0.25, 0.3) is 21.5 Å². The van der Waals surface area contributed by atoms with Gasteiger partial charge in [-0.15, -0.1) is 11.3 Å². The Hall–Kier alpha value is -2.38. The highest BCUT2D eigenvalue weighted by Crippen LogP contribution is 2.30. The van der Waals surface area contributed by atoms with Gasteiger partial charge in [0.2, 0.25) is 5.91 Å². The predicted molar refractivity (Wildman–Crippen MR) is 107 cm³/mol. The fourth-order valence-electron chi connectivity index (χ4n) is 3.59. The smallest absolute Gasteiger partial charge is 0.228 e. The number of anilines is 1. The van der Waals surface area contributed by atoms with Crippen LogP contribution in [-0.2, 0) is 11.4 Å². The van der Waals surface area contributed by atoms with Gasteiger partial charge in [-0.3, -0.25) is 4.79 Å². The summed E-state index contributed by atoms with van der Waals surface area (Å²) in [5.41, 5.74) is 2.24. The molecule has 3 aromatic heterocycles. The molecule has 7 heteroatoms. The number of nitrogens with zero attached hydrogens (tertiary/aromatic N) is 3. The fourth-order valence-corrected chi connectivity index (χ4v) is 4.33. The molecule has 0 bridgehead atoms. The summed E-state index contributed by atoms with van der Waals surface area (Å²) in [5.74, 6) is 0.619. The zero-order chi connectivity index (χ0) is 18.8. The molecule has 0 spiro atoms. The molecule has 1 aliphatic rings. The van der Waals surface area contributed by atoms with Crippen LogP contribution >= 0.6 is 11.3 Å². The standard InChI is InChI=1S/C20H22N4O2S/c1-12-21-10-18(27-12)17-7-14(11-25)15-9-22-19(8-16(15)23-17)24-20(26)13-5-3-2-4-6-13/h7-10,13,25H,2-6,11H2,1H3,(H,22,24,26). The second-order valence-corrected chi connectivity index (χ2v) is 8.21. The summed E-state index contributed by atoms with van der Waals surface area (Å²) in [4.78, 5) is 26.8. The fraction of sp³-hybridized carbons (Fsp3) is 0.400. The molecule has 0 saturated heterocycles. The molecule has 0 radical (unpaired) electrons. The summed E-state index contributed by atoms with van der Waals surface area (Å²) in [7, 11) is 0. The molecule has 3 heterocycles. The van der Waals surface area contributed by atoms with E-state index >= 15 is 0 Å². The van der Waals surface area contributed by atoms with Gasteiger partial charge in [0, 0.05) is 29.8 Å². The van der Waals surface area contributed by atoms with Crippen LogP contribution in [0.15, 0.2) is 24.5 Å². The summed E-state index contributed by atoms with van der Waals surface area (Å²) in [6.45, 7) is 1.85. The normalized spacial score (nSPS) is 15.2. The minimum Gasteiger partial charge on any atom is -0.392 e. The van der Waals surface area contributed by atoms with Gasteiger partial charge < -0.3 is 10.4 Å². The number of hydrogen-bond donors (Lipinski definition) is 2. The number of rotatable bonds is 4. The Morgan fingerprint density at radius 3 is 2.74 bits per heavy atom. The van der Waals surface area contributed by atoms with E-state index in [1.807, 2.05) is 13.0 Å². The number of aryl methyl sites for hydroxylation is 1. The predicted octanol–water partition coefficient (Wildman–Crippen LogP) is 4.07. The molecule has 3 aromatic rings. The van der Waals surface area contributed by atoms with Crippen molar-refractivity contribution in [2.45, 2.75) is 45.6 Å². The first kappa shape index (κ1) is 18.0. The van der Waals surface area contributed by atoms with Crippen molar-refractivity contribution in [3.05, 3.63) is 35.1 Å². The zero-order valence-corrected chi connectivity index (χ0v) is 16.1. The van der Waals surface area contributed by atoms with Crippen LogP contribution in [0.3, 0.4) is 0 Å². The summed E-state index contributed by atoms with van der Waals surface area (Å²) < 4.78 is 0. The van der Waals surface area contributed by atoms with Crippen LogP contribution in [0.4, 0.5) is 5.82 Å². The van der Waals surface area contributed by atoms with Gasteiger partial charge in [-0.1, -0.05) is 19.3 Å². The van der Waals surface area contributed by atoms with Gasteiger partial charge >= 0.3 is 0 Å². The number of thiazole rings is 1. The Bertz CT molecular complexity index is 979. The van der Waals surface area contributed by atoms with Gasteiger partial charge in [0.05, 0.1) is 27.7 Å². The van der Waals surface area contributed by atoms with Crippen molar-refractivity contribution in [1.82, 2.24) is 15.0 Å². The third kappa shape index (κ3) is 3.84. The molecule has 1 fully saturated rings. The van der Waals surface area contributed by atoms with Crippen molar-refractivity contribution in [2.24, 2.45) is 5.92 Å². The van der Waals surface area contributed by atoms with E-state index < -0.39 is 0 Å². The lowest BCUT2D eigenvalue weighted by molar-refractivity contribution is -0.120. The summed E-state index contributed by atoms with van der Waals surface area (Å²) in [6, 6.07) is 3.66. The lowest BCUT2D eigenvalue weighted by Crippen LogP contribution is -2.25. The van der Waals surface area contributed by atoms with Gasteiger partial charge in [0.15, 0.2) is 0 Å². The second-order valence-electron chi connectivity index (χ2n) is 6.98. The van der Waals surface area contributed by atoms with Crippen LogP contribution in [0.5, 0.6) is 0 Å². The van der Waals surface area contributed by atoms with Gasteiger partial charge in [-0.2, -0.15) is 0 Å². The molecule has 1 amide bonds. The molecule has 140 valence electrons. The largest absolute Gasteiger partial charge is 0.392 e. The van der Waals surface area contributed by atoms with E-state index in [1.54, 1.807) is 29.8 Å². The number of fused-ring (bicyclic) bond motifs is 1. The first-order chi connectivity index (χ1) is 13.1. The van der Waals surface area contributed by atoms with E-state index in [1.165, 1.54) is 6.42 Å². The summed E-state index contributed by atoms with van der Waals surface area (Å²) >= 11 is 1.56. The second kappa shape index (κ2) is 7.70. The molecule has 0 aliphatic heterocycles. The first-order valence-corrected chi connectivity index (χ1v) is 10.1. The number of pyridine rings is 2. The highest BCUT2D eigenvalue weighted by atomic mass is 32.1. The molecule has 1 saturated carbocycles. The molecule has 4 rings (SSSR count). The maximum Gasteiger partial charge on any atom is 0.228 e. The molecule has 2 N–H and O–H groups in total. The number of carbonyl (C=O) groups is 1. The minimum absolute atomic E-state index is 0.0400. The number of amides is 1. The highest BCUT2D eigenvalue weighted by Gasteiger charge is 2.21. The third-order valence-corrected chi connectivity index (χ3v) is 5.99. The van der Waals surface area contributed by atoms with Crippen molar-refractivity contribution in [3.8, 4) is 10.6 Å². The Morgan fingerprint density at radius 1 is 1.22 bits per heavy atom.